The summed E-state index contributed by atoms with van der Waals surface area (Å²) in [5.41, 5.74) is 2.15. The second kappa shape index (κ2) is 12.9. The van der Waals surface area contributed by atoms with Crippen molar-refractivity contribution in [2.45, 2.75) is 12.6 Å². The number of carbonyl (C=O) groups is 1. The van der Waals surface area contributed by atoms with E-state index >= 15 is 0 Å². The summed E-state index contributed by atoms with van der Waals surface area (Å²) in [6, 6.07) is 13.5. The fourth-order valence-corrected chi connectivity index (χ4v) is 2.90. The molecule has 2 aromatic carbocycles. The molecular formula is C22H18BF3N4NaO. The molecule has 3 radical (unpaired) electrons. The number of hydrogen-bond acceptors (Lipinski definition) is 4. The van der Waals surface area contributed by atoms with Gasteiger partial charge in [0.2, 0.25) is 0 Å². The number of aromatic nitrogens is 1. The third kappa shape index (κ3) is 7.72. The number of hydrogen-bond donors (Lipinski definition) is 2. The molecule has 3 rings (SSSR count). The molecule has 1 heterocycles. The average Bonchev–Trinajstić information content (AvgIpc) is 2.75. The Morgan fingerprint density at radius 2 is 1.75 bits per heavy atom. The van der Waals surface area contributed by atoms with Crippen molar-refractivity contribution in [1.29, 1.82) is 5.26 Å². The van der Waals surface area contributed by atoms with Gasteiger partial charge in [0, 0.05) is 42.8 Å². The van der Waals surface area contributed by atoms with Crippen molar-refractivity contribution in [2.24, 2.45) is 0 Å². The third-order valence-electron chi connectivity index (χ3n) is 4.27. The summed E-state index contributed by atoms with van der Waals surface area (Å²) in [6.07, 6.45) is -0.663. The van der Waals surface area contributed by atoms with Gasteiger partial charge in [-0.3, -0.25) is 21.0 Å². The molecule has 0 aliphatic rings. The first kappa shape index (κ1) is 27.2. The number of benzene rings is 2. The van der Waals surface area contributed by atoms with Crippen molar-refractivity contribution in [3.63, 3.8) is 0 Å². The Labute approximate surface area is 207 Å². The van der Waals surface area contributed by atoms with Crippen LogP contribution in [0.1, 0.15) is 27.0 Å². The van der Waals surface area contributed by atoms with E-state index in [0.29, 0.717) is 12.0 Å². The number of rotatable bonds is 5. The Bertz CT molecular complexity index is 1070. The molecule has 0 spiro atoms. The molecule has 0 fully saturated rings. The number of alkyl halides is 3. The minimum atomic E-state index is -4.47. The zero-order valence-electron chi connectivity index (χ0n) is 17.6. The summed E-state index contributed by atoms with van der Waals surface area (Å²) in [6.45, 7) is 0. The van der Waals surface area contributed by atoms with Crippen LogP contribution in [0.2, 0.25) is 0 Å². The Balaban J connectivity index is 0.00000121. The van der Waals surface area contributed by atoms with Gasteiger partial charge in [-0.15, -0.1) is 0 Å². The van der Waals surface area contributed by atoms with Gasteiger partial charge in [-0.25, -0.2) is 0 Å². The number of nitriles is 1. The van der Waals surface area contributed by atoms with E-state index in [2.05, 4.69) is 23.5 Å². The van der Waals surface area contributed by atoms with Crippen LogP contribution in [0.15, 0.2) is 67.0 Å². The van der Waals surface area contributed by atoms with Crippen LogP contribution in [0.25, 0.3) is 0 Å². The number of halogens is 3. The van der Waals surface area contributed by atoms with E-state index < -0.39 is 17.6 Å². The van der Waals surface area contributed by atoms with Crippen LogP contribution in [-0.2, 0) is 12.6 Å². The molecule has 0 aliphatic carbocycles. The Hall–Kier alpha value is -2.80. The van der Waals surface area contributed by atoms with Crippen molar-refractivity contribution in [3.8, 4) is 5.97 Å². The molecule has 0 atom stereocenters. The topological polar surface area (TPSA) is 77.8 Å². The predicted molar refractivity (Wildman–Crippen MR) is 114 cm³/mol. The standard InChI is InChI=1S/C21H18F3N3O.CBN.Na/c1-25-19-7-3-6-17(18(19)12-14-8-10-26-11-9-14)20(28)27-16-5-2-4-15(13-16)21(22,23)24;2-1-3;/h2-11,13,25H,12H2,1H3,(H,27,28);;/q;-1;+1. The van der Waals surface area contributed by atoms with Crippen LogP contribution in [0.3, 0.4) is 0 Å². The number of carbonyl (C=O) groups excluding carboxylic acids is 1. The van der Waals surface area contributed by atoms with Crippen molar-refractivity contribution in [1.82, 2.24) is 4.98 Å². The number of nitrogens with one attached hydrogen (secondary N) is 2. The molecule has 5 nitrogen and oxygen atoms in total. The van der Waals surface area contributed by atoms with E-state index in [4.69, 9.17) is 5.26 Å². The molecule has 0 unspecified atom stereocenters. The molecule has 2 N–H and O–H groups in total. The maximum Gasteiger partial charge on any atom is 1.00 e. The third-order valence-corrected chi connectivity index (χ3v) is 4.27. The Kier molecular flexibility index (Phi) is 11.0. The molecule has 1 amide bonds. The molecule has 0 bridgehead atoms. The molecule has 0 saturated carbocycles. The minimum absolute atomic E-state index is 0. The molecule has 0 saturated heterocycles. The first-order valence-electron chi connectivity index (χ1n) is 9.07. The van der Waals surface area contributed by atoms with Crippen LogP contribution in [-0.4, -0.2) is 25.8 Å². The van der Waals surface area contributed by atoms with Crippen LogP contribution in [0, 0.1) is 11.2 Å². The normalized spacial score (nSPS) is 10.0. The smallest absolute Gasteiger partial charge is 0.466 e. The minimum Gasteiger partial charge on any atom is -0.466 e. The van der Waals surface area contributed by atoms with Crippen molar-refractivity contribution >= 4 is 25.1 Å². The van der Waals surface area contributed by atoms with Gasteiger partial charge in [0.15, 0.2) is 0 Å². The largest absolute Gasteiger partial charge is 1.00 e. The van der Waals surface area contributed by atoms with E-state index in [0.717, 1.165) is 28.9 Å². The number of nitrogens with zero attached hydrogens (tertiary/aromatic N) is 2. The van der Waals surface area contributed by atoms with Crippen molar-refractivity contribution < 1.29 is 47.5 Å². The molecule has 1 aromatic heterocycles. The fraction of sp³-hybridized carbons (Fsp3) is 0.136. The van der Waals surface area contributed by atoms with E-state index in [1.165, 1.54) is 18.1 Å². The molecule has 10 heteroatoms. The van der Waals surface area contributed by atoms with E-state index in [-0.39, 0.29) is 35.2 Å². The Morgan fingerprint density at radius 1 is 1.12 bits per heavy atom. The van der Waals surface area contributed by atoms with E-state index in [1.54, 1.807) is 31.6 Å². The van der Waals surface area contributed by atoms with Gasteiger partial charge in [-0.1, -0.05) is 12.1 Å². The SMILES string of the molecule is CNc1cccc(C(=O)Nc2cccc(C(F)(F)F)c2)c1Cc1ccncc1.[B-]C#N.[Na+]. The second-order valence-corrected chi connectivity index (χ2v) is 6.28. The van der Waals surface area contributed by atoms with Crippen LogP contribution >= 0.6 is 0 Å². The zero-order valence-corrected chi connectivity index (χ0v) is 19.6. The number of amides is 1. The summed E-state index contributed by atoms with van der Waals surface area (Å²) in [5, 5.41) is 12.7. The maximum absolute atomic E-state index is 12.9. The fourth-order valence-electron chi connectivity index (χ4n) is 2.90. The first-order chi connectivity index (χ1) is 14.8. The van der Waals surface area contributed by atoms with Gasteiger partial charge < -0.3 is 18.5 Å². The second-order valence-electron chi connectivity index (χ2n) is 6.28. The number of anilines is 2. The van der Waals surface area contributed by atoms with Gasteiger partial charge in [0.25, 0.3) is 5.91 Å². The Morgan fingerprint density at radius 3 is 2.34 bits per heavy atom. The quantitative estimate of drug-likeness (QED) is 0.586. The monoisotopic (exact) mass is 445 g/mol. The molecular weight excluding hydrogens is 427 g/mol. The molecule has 3 aromatic rings. The van der Waals surface area contributed by atoms with E-state index in [9.17, 15) is 18.0 Å². The summed E-state index contributed by atoms with van der Waals surface area (Å²) >= 11 is 0. The van der Waals surface area contributed by atoms with Crippen molar-refractivity contribution in [2.75, 3.05) is 17.7 Å². The van der Waals surface area contributed by atoms with Crippen LogP contribution < -0.4 is 40.2 Å². The number of pyridine rings is 1. The van der Waals surface area contributed by atoms with Crippen LogP contribution in [0.5, 0.6) is 0 Å². The summed E-state index contributed by atoms with van der Waals surface area (Å²) < 4.78 is 38.7. The molecule has 0 aliphatic heterocycles. The molecule has 157 valence electrons. The maximum atomic E-state index is 12.9. The molecule has 32 heavy (non-hydrogen) atoms. The van der Waals surface area contributed by atoms with Gasteiger partial charge >= 0.3 is 35.7 Å². The summed E-state index contributed by atoms with van der Waals surface area (Å²) in [5.74, 6) is 0.778. The predicted octanol–water partition coefficient (Wildman–Crippen LogP) is 1.63. The van der Waals surface area contributed by atoms with Crippen molar-refractivity contribution in [3.05, 3.63) is 89.2 Å². The van der Waals surface area contributed by atoms with Gasteiger partial charge in [0.1, 0.15) is 0 Å². The van der Waals surface area contributed by atoms with E-state index in [1.807, 2.05) is 18.2 Å². The van der Waals surface area contributed by atoms with Gasteiger partial charge in [-0.05, 0) is 53.6 Å². The summed E-state index contributed by atoms with van der Waals surface area (Å²) in [4.78, 5) is 16.8. The average molecular weight is 445 g/mol. The van der Waals surface area contributed by atoms with Gasteiger partial charge in [0.05, 0.1) is 5.56 Å². The zero-order chi connectivity index (χ0) is 22.9. The first-order valence-corrected chi connectivity index (χ1v) is 9.07. The van der Waals surface area contributed by atoms with Crippen LogP contribution in [0.4, 0.5) is 24.5 Å². The van der Waals surface area contributed by atoms with Gasteiger partial charge in [-0.2, -0.15) is 13.2 Å². The summed E-state index contributed by atoms with van der Waals surface area (Å²) in [7, 11) is 5.90.